The standard InChI is InChI=1S/C18H26N4O4S/c1-3-12-14(16(23)25-4-2)13(20-17(24)19-12)10-27-18-22-21-15(26-18)11-8-6-5-7-9-11/h11-12H,3-10H2,1-2H3,(H2,19,20,24)/t12-/m1/s1. The third-order valence-corrected chi connectivity index (χ3v) is 5.71. The van der Waals surface area contributed by atoms with Crippen LogP contribution in [0.2, 0.25) is 0 Å². The van der Waals surface area contributed by atoms with Gasteiger partial charge in [0.25, 0.3) is 5.22 Å². The van der Waals surface area contributed by atoms with Gasteiger partial charge in [0.05, 0.1) is 18.2 Å². The largest absolute Gasteiger partial charge is 0.463 e. The average molecular weight is 394 g/mol. The molecule has 8 nitrogen and oxygen atoms in total. The number of esters is 1. The van der Waals surface area contributed by atoms with Crippen molar-refractivity contribution in [3.8, 4) is 0 Å². The molecule has 0 spiro atoms. The van der Waals surface area contributed by atoms with Crippen LogP contribution < -0.4 is 10.6 Å². The Bertz CT molecular complexity index is 712. The van der Waals surface area contributed by atoms with E-state index < -0.39 is 5.97 Å². The molecule has 148 valence electrons. The van der Waals surface area contributed by atoms with Gasteiger partial charge in [0, 0.05) is 17.4 Å². The molecule has 2 heterocycles. The molecule has 0 saturated heterocycles. The van der Waals surface area contributed by atoms with Crippen molar-refractivity contribution in [1.82, 2.24) is 20.8 Å². The highest BCUT2D eigenvalue weighted by Crippen LogP contribution is 2.33. The van der Waals surface area contributed by atoms with Crippen LogP contribution in [0.15, 0.2) is 20.9 Å². The van der Waals surface area contributed by atoms with Crippen LogP contribution in [0.1, 0.15) is 64.2 Å². The summed E-state index contributed by atoms with van der Waals surface area (Å²) in [6.07, 6.45) is 6.44. The lowest BCUT2D eigenvalue weighted by atomic mass is 9.89. The lowest BCUT2D eigenvalue weighted by Gasteiger charge is -2.28. The summed E-state index contributed by atoms with van der Waals surface area (Å²) in [5.41, 5.74) is 0.991. The van der Waals surface area contributed by atoms with E-state index in [0.717, 1.165) is 12.8 Å². The first-order chi connectivity index (χ1) is 13.1. The molecule has 1 aromatic heterocycles. The third kappa shape index (κ3) is 4.82. The van der Waals surface area contributed by atoms with Gasteiger partial charge in [-0.3, -0.25) is 0 Å². The summed E-state index contributed by atoms with van der Waals surface area (Å²) in [6, 6.07) is -0.687. The van der Waals surface area contributed by atoms with Crippen molar-refractivity contribution in [2.45, 2.75) is 69.6 Å². The fourth-order valence-electron chi connectivity index (χ4n) is 3.50. The van der Waals surface area contributed by atoms with E-state index in [0.29, 0.717) is 40.5 Å². The maximum Gasteiger partial charge on any atom is 0.337 e. The average Bonchev–Trinajstić information content (AvgIpc) is 3.15. The number of carbonyl (C=O) groups is 2. The van der Waals surface area contributed by atoms with Crippen LogP contribution in [0.5, 0.6) is 0 Å². The number of nitrogens with one attached hydrogen (secondary N) is 2. The van der Waals surface area contributed by atoms with Crippen molar-refractivity contribution in [2.24, 2.45) is 0 Å². The summed E-state index contributed by atoms with van der Waals surface area (Å²) in [5.74, 6) is 0.973. The Morgan fingerprint density at radius 1 is 1.26 bits per heavy atom. The molecule has 2 amide bonds. The first kappa shape index (κ1) is 19.7. The number of thioether (sulfide) groups is 1. The summed E-state index contributed by atoms with van der Waals surface area (Å²) in [6.45, 7) is 3.95. The Hall–Kier alpha value is -2.03. The Labute approximate surface area is 162 Å². The third-order valence-electron chi connectivity index (χ3n) is 4.86. The quantitative estimate of drug-likeness (QED) is 0.540. The van der Waals surface area contributed by atoms with Gasteiger partial charge < -0.3 is 19.8 Å². The molecule has 1 atom stereocenters. The van der Waals surface area contributed by atoms with Gasteiger partial charge in [0.15, 0.2) is 0 Å². The summed E-state index contributed by atoms with van der Waals surface area (Å²) < 4.78 is 11.0. The van der Waals surface area contributed by atoms with Crippen LogP contribution in [0.25, 0.3) is 0 Å². The van der Waals surface area contributed by atoms with E-state index in [4.69, 9.17) is 9.15 Å². The molecule has 0 bridgehead atoms. The van der Waals surface area contributed by atoms with E-state index in [2.05, 4.69) is 20.8 Å². The first-order valence-electron chi connectivity index (χ1n) is 9.56. The number of rotatable bonds is 7. The van der Waals surface area contributed by atoms with E-state index in [1.54, 1.807) is 6.92 Å². The van der Waals surface area contributed by atoms with E-state index in [1.165, 1.54) is 31.0 Å². The monoisotopic (exact) mass is 394 g/mol. The normalized spacial score (nSPS) is 21.0. The molecule has 2 aliphatic rings. The number of amides is 2. The van der Waals surface area contributed by atoms with Crippen molar-refractivity contribution < 1.29 is 18.7 Å². The predicted octanol–water partition coefficient (Wildman–Crippen LogP) is 3.12. The van der Waals surface area contributed by atoms with Gasteiger partial charge >= 0.3 is 12.0 Å². The minimum Gasteiger partial charge on any atom is -0.463 e. The smallest absolute Gasteiger partial charge is 0.337 e. The second kappa shape index (κ2) is 9.25. The van der Waals surface area contributed by atoms with Gasteiger partial charge in [0.1, 0.15) is 0 Å². The zero-order chi connectivity index (χ0) is 19.2. The highest BCUT2D eigenvalue weighted by molar-refractivity contribution is 7.99. The Balaban J connectivity index is 1.72. The minimum atomic E-state index is -0.416. The molecule has 9 heteroatoms. The molecule has 1 saturated carbocycles. The van der Waals surface area contributed by atoms with Gasteiger partial charge in [0.2, 0.25) is 5.89 Å². The Morgan fingerprint density at radius 2 is 2.04 bits per heavy atom. The van der Waals surface area contributed by atoms with Gasteiger partial charge in [-0.2, -0.15) is 0 Å². The van der Waals surface area contributed by atoms with Gasteiger partial charge in [-0.15, -0.1) is 10.2 Å². The number of hydrogen-bond donors (Lipinski definition) is 2. The molecular weight excluding hydrogens is 368 g/mol. The van der Waals surface area contributed by atoms with Gasteiger partial charge in [-0.1, -0.05) is 37.9 Å². The fraction of sp³-hybridized carbons (Fsp3) is 0.667. The van der Waals surface area contributed by atoms with E-state index >= 15 is 0 Å². The Kier molecular flexibility index (Phi) is 6.76. The van der Waals surface area contributed by atoms with Crippen LogP contribution in [0, 0.1) is 0 Å². The van der Waals surface area contributed by atoms with Crippen LogP contribution in [-0.4, -0.2) is 40.6 Å². The van der Waals surface area contributed by atoms with Crippen LogP contribution in [0.3, 0.4) is 0 Å². The zero-order valence-electron chi connectivity index (χ0n) is 15.7. The number of hydrogen-bond acceptors (Lipinski definition) is 7. The maximum atomic E-state index is 12.4. The van der Waals surface area contributed by atoms with Crippen molar-refractivity contribution in [3.05, 3.63) is 17.2 Å². The molecular formula is C18H26N4O4S. The van der Waals surface area contributed by atoms with Crippen LogP contribution >= 0.6 is 11.8 Å². The number of ether oxygens (including phenoxy) is 1. The predicted molar refractivity (Wildman–Crippen MR) is 100 cm³/mol. The highest BCUT2D eigenvalue weighted by atomic mass is 32.2. The summed E-state index contributed by atoms with van der Waals surface area (Å²) >= 11 is 1.32. The second-order valence-corrected chi connectivity index (χ2v) is 7.63. The molecule has 0 aromatic carbocycles. The highest BCUT2D eigenvalue weighted by Gasteiger charge is 2.31. The fourth-order valence-corrected chi connectivity index (χ4v) is 4.24. The molecule has 2 N–H and O–H groups in total. The van der Waals surface area contributed by atoms with E-state index in [1.807, 2.05) is 6.92 Å². The zero-order valence-corrected chi connectivity index (χ0v) is 16.6. The van der Waals surface area contributed by atoms with Crippen LogP contribution in [-0.2, 0) is 9.53 Å². The first-order valence-corrected chi connectivity index (χ1v) is 10.5. The van der Waals surface area contributed by atoms with E-state index in [-0.39, 0.29) is 18.7 Å². The number of urea groups is 1. The van der Waals surface area contributed by atoms with Crippen LogP contribution in [0.4, 0.5) is 4.79 Å². The lowest BCUT2D eigenvalue weighted by molar-refractivity contribution is -0.139. The van der Waals surface area contributed by atoms with Crippen molar-refractivity contribution in [2.75, 3.05) is 12.4 Å². The summed E-state index contributed by atoms with van der Waals surface area (Å²) in [7, 11) is 0. The molecule has 27 heavy (non-hydrogen) atoms. The Morgan fingerprint density at radius 3 is 2.74 bits per heavy atom. The van der Waals surface area contributed by atoms with Crippen molar-refractivity contribution >= 4 is 23.8 Å². The van der Waals surface area contributed by atoms with E-state index in [9.17, 15) is 9.59 Å². The van der Waals surface area contributed by atoms with Crippen molar-refractivity contribution in [1.29, 1.82) is 0 Å². The number of nitrogens with zero attached hydrogens (tertiary/aromatic N) is 2. The SMILES string of the molecule is CCOC(=O)C1=C(CSc2nnc(C3CCCCC3)o2)NC(=O)N[C@@H]1CC. The van der Waals surface area contributed by atoms with Crippen molar-refractivity contribution in [3.63, 3.8) is 0 Å². The number of aromatic nitrogens is 2. The minimum absolute atomic E-state index is 0.279. The van der Waals surface area contributed by atoms with Gasteiger partial charge in [-0.05, 0) is 26.2 Å². The molecule has 1 aliphatic carbocycles. The molecule has 1 aromatic rings. The number of carbonyl (C=O) groups excluding carboxylic acids is 2. The topological polar surface area (TPSA) is 106 Å². The lowest BCUT2D eigenvalue weighted by Crippen LogP contribution is -2.50. The maximum absolute atomic E-state index is 12.4. The molecule has 0 unspecified atom stereocenters. The summed E-state index contributed by atoms with van der Waals surface area (Å²) in [5, 5.41) is 14.2. The summed E-state index contributed by atoms with van der Waals surface area (Å²) in [4.78, 5) is 24.3. The molecule has 1 aliphatic heterocycles. The molecule has 0 radical (unpaired) electrons. The van der Waals surface area contributed by atoms with Gasteiger partial charge in [-0.25, -0.2) is 9.59 Å². The molecule has 1 fully saturated rings. The molecule has 3 rings (SSSR count). The second-order valence-electron chi connectivity index (χ2n) is 6.70.